The van der Waals surface area contributed by atoms with Crippen LogP contribution in [0.3, 0.4) is 0 Å². The van der Waals surface area contributed by atoms with Gasteiger partial charge in [0.25, 0.3) is 0 Å². The fourth-order valence-corrected chi connectivity index (χ4v) is 2.05. The van der Waals surface area contributed by atoms with Gasteiger partial charge in [0.05, 0.1) is 17.6 Å². The van der Waals surface area contributed by atoms with E-state index in [0.717, 1.165) is 6.20 Å². The monoisotopic (exact) mass is 294 g/mol. The first kappa shape index (κ1) is 13.2. The number of phenols is 1. The summed E-state index contributed by atoms with van der Waals surface area (Å²) in [7, 11) is 0. The Bertz CT molecular complexity index is 826. The van der Waals surface area contributed by atoms with Crippen molar-refractivity contribution in [3.05, 3.63) is 42.2 Å². The summed E-state index contributed by atoms with van der Waals surface area (Å²) in [6.45, 7) is 0. The number of nitrogens with zero attached hydrogens (tertiary/aromatic N) is 3. The maximum absolute atomic E-state index is 13.1. The van der Waals surface area contributed by atoms with E-state index in [0.29, 0.717) is 10.1 Å². The Hall–Kier alpha value is -2.77. The number of aromatic hydroxyl groups is 1. The van der Waals surface area contributed by atoms with Crippen molar-refractivity contribution in [1.29, 1.82) is 0 Å². The number of phenolic OH excluding ortho intramolecular Hbond substituents is 1. The zero-order valence-electron chi connectivity index (χ0n) is 10.5. The molecule has 3 aromatic rings. The maximum atomic E-state index is 13.1. The van der Waals surface area contributed by atoms with Crippen LogP contribution in [0.2, 0.25) is 0 Å². The smallest absolute Gasteiger partial charge is 0.435 e. The minimum Gasteiger partial charge on any atom is -0.507 e. The molecule has 21 heavy (non-hydrogen) atoms. The molecule has 0 aliphatic carbocycles. The van der Waals surface area contributed by atoms with E-state index >= 15 is 0 Å². The molecule has 2 aromatic heterocycles. The average Bonchev–Trinajstić information content (AvgIpc) is 2.80. The molecular weight excluding hydrogens is 285 g/mol. The van der Waals surface area contributed by atoms with Gasteiger partial charge in [0, 0.05) is 11.6 Å². The number of rotatable bonds is 1. The van der Waals surface area contributed by atoms with Gasteiger partial charge in [-0.3, -0.25) is 0 Å². The Morgan fingerprint density at radius 3 is 2.57 bits per heavy atom. The molecule has 0 bridgehead atoms. The third-order valence-electron chi connectivity index (χ3n) is 2.96. The lowest BCUT2D eigenvalue weighted by atomic mass is 10.1. The summed E-state index contributed by atoms with van der Waals surface area (Å²) in [4.78, 5) is 3.82. The van der Waals surface area contributed by atoms with Crippen LogP contribution < -0.4 is 5.73 Å². The van der Waals surface area contributed by atoms with E-state index in [9.17, 15) is 18.3 Å². The molecule has 0 fully saturated rings. The Balaban J connectivity index is 2.29. The molecule has 0 aliphatic rings. The van der Waals surface area contributed by atoms with Crippen molar-refractivity contribution in [2.45, 2.75) is 6.18 Å². The average molecular weight is 294 g/mol. The molecule has 0 spiro atoms. The second-order valence-corrected chi connectivity index (χ2v) is 4.38. The molecule has 8 heteroatoms. The van der Waals surface area contributed by atoms with Crippen LogP contribution in [0.1, 0.15) is 5.69 Å². The zero-order chi connectivity index (χ0) is 15.2. The van der Waals surface area contributed by atoms with Crippen LogP contribution in [-0.4, -0.2) is 19.7 Å². The van der Waals surface area contributed by atoms with E-state index in [1.807, 2.05) is 0 Å². The minimum atomic E-state index is -4.66. The molecule has 2 heterocycles. The highest BCUT2D eigenvalue weighted by Crippen LogP contribution is 2.35. The number of halogens is 3. The first-order valence-electron chi connectivity index (χ1n) is 5.88. The number of alkyl halides is 3. The highest BCUT2D eigenvalue weighted by atomic mass is 19.4. The van der Waals surface area contributed by atoms with E-state index in [1.54, 1.807) is 18.2 Å². The quantitative estimate of drug-likeness (QED) is 0.723. The molecule has 108 valence electrons. The van der Waals surface area contributed by atoms with Crippen molar-refractivity contribution in [3.8, 4) is 17.0 Å². The summed E-state index contributed by atoms with van der Waals surface area (Å²) >= 11 is 0. The van der Waals surface area contributed by atoms with Gasteiger partial charge in [-0.25, -0.2) is 9.50 Å². The van der Waals surface area contributed by atoms with E-state index in [2.05, 4.69) is 10.1 Å². The van der Waals surface area contributed by atoms with E-state index in [4.69, 9.17) is 5.73 Å². The molecule has 0 radical (unpaired) electrons. The van der Waals surface area contributed by atoms with E-state index < -0.39 is 17.6 Å². The fraction of sp³-hybridized carbons (Fsp3) is 0.0769. The number of hydrogen-bond acceptors (Lipinski definition) is 4. The maximum Gasteiger partial charge on any atom is 0.435 e. The second kappa shape index (κ2) is 4.37. The molecule has 3 rings (SSSR count). The van der Waals surface area contributed by atoms with Gasteiger partial charge in [-0.2, -0.15) is 18.3 Å². The number of para-hydroxylation sites is 1. The van der Waals surface area contributed by atoms with Crippen LogP contribution in [0.5, 0.6) is 5.75 Å². The van der Waals surface area contributed by atoms with Gasteiger partial charge in [-0.15, -0.1) is 0 Å². The summed E-state index contributed by atoms with van der Waals surface area (Å²) in [5.74, 6) is -0.0811. The van der Waals surface area contributed by atoms with Crippen molar-refractivity contribution < 1.29 is 18.3 Å². The molecule has 1 aromatic carbocycles. The van der Waals surface area contributed by atoms with E-state index in [-0.39, 0.29) is 17.1 Å². The first-order valence-corrected chi connectivity index (χ1v) is 5.88. The zero-order valence-corrected chi connectivity index (χ0v) is 10.5. The van der Waals surface area contributed by atoms with E-state index in [1.165, 1.54) is 12.1 Å². The summed E-state index contributed by atoms with van der Waals surface area (Å²) in [6.07, 6.45) is -3.72. The highest BCUT2D eigenvalue weighted by molar-refractivity contribution is 5.70. The third-order valence-corrected chi connectivity index (χ3v) is 2.96. The standard InChI is InChI=1S/C13H9F3N4O/c14-13(15,16)12-8(17)6-18-11-5-9(19-20(11)12)7-3-1-2-4-10(7)21/h1-6,21H,17H2. The highest BCUT2D eigenvalue weighted by Gasteiger charge is 2.37. The van der Waals surface area contributed by atoms with Crippen LogP contribution in [-0.2, 0) is 6.18 Å². The molecule has 0 amide bonds. The molecule has 0 unspecified atom stereocenters. The van der Waals surface area contributed by atoms with Crippen molar-refractivity contribution in [3.63, 3.8) is 0 Å². The van der Waals surface area contributed by atoms with Gasteiger partial charge < -0.3 is 10.8 Å². The SMILES string of the molecule is Nc1cnc2cc(-c3ccccc3O)nn2c1C(F)(F)F. The lowest BCUT2D eigenvalue weighted by molar-refractivity contribution is -0.141. The first-order chi connectivity index (χ1) is 9.88. The molecule has 0 saturated heterocycles. The van der Waals surface area contributed by atoms with Crippen molar-refractivity contribution in [1.82, 2.24) is 14.6 Å². The van der Waals surface area contributed by atoms with Crippen LogP contribution in [0.25, 0.3) is 16.9 Å². The second-order valence-electron chi connectivity index (χ2n) is 4.38. The van der Waals surface area contributed by atoms with Gasteiger partial charge in [-0.05, 0) is 12.1 Å². The molecule has 0 aliphatic heterocycles. The number of anilines is 1. The van der Waals surface area contributed by atoms with Crippen molar-refractivity contribution in [2.75, 3.05) is 5.73 Å². The van der Waals surface area contributed by atoms with Gasteiger partial charge >= 0.3 is 6.18 Å². The normalized spacial score (nSPS) is 12.0. The van der Waals surface area contributed by atoms with Crippen molar-refractivity contribution in [2.24, 2.45) is 0 Å². The Morgan fingerprint density at radius 1 is 1.19 bits per heavy atom. The molecular formula is C13H9F3N4O. The third kappa shape index (κ3) is 2.14. The number of hydrogen-bond donors (Lipinski definition) is 2. The topological polar surface area (TPSA) is 76.4 Å². The summed E-state index contributed by atoms with van der Waals surface area (Å²) in [5, 5.41) is 13.6. The number of benzene rings is 1. The van der Waals surface area contributed by atoms with Gasteiger partial charge in [-0.1, -0.05) is 12.1 Å². The predicted octanol–water partition coefficient (Wildman–Crippen LogP) is 2.70. The van der Waals surface area contributed by atoms with Crippen LogP contribution >= 0.6 is 0 Å². The number of fused-ring (bicyclic) bond motifs is 1. The predicted molar refractivity (Wildman–Crippen MR) is 69.5 cm³/mol. The summed E-state index contributed by atoms with van der Waals surface area (Å²) < 4.78 is 39.8. The molecule has 5 nitrogen and oxygen atoms in total. The van der Waals surface area contributed by atoms with Crippen LogP contribution in [0.15, 0.2) is 36.5 Å². The Labute approximate surface area is 116 Å². The largest absolute Gasteiger partial charge is 0.507 e. The van der Waals surface area contributed by atoms with Crippen LogP contribution in [0, 0.1) is 0 Å². The van der Waals surface area contributed by atoms with Crippen molar-refractivity contribution >= 4 is 11.3 Å². The lowest BCUT2D eigenvalue weighted by Crippen LogP contribution is -2.16. The molecule has 0 saturated carbocycles. The molecule has 0 atom stereocenters. The van der Waals surface area contributed by atoms with Gasteiger partial charge in [0.2, 0.25) is 0 Å². The lowest BCUT2D eigenvalue weighted by Gasteiger charge is -2.10. The Kier molecular flexibility index (Phi) is 2.75. The number of nitrogen functional groups attached to an aromatic ring is 1. The minimum absolute atomic E-state index is 0.00484. The number of aromatic nitrogens is 3. The Morgan fingerprint density at radius 2 is 1.90 bits per heavy atom. The fourth-order valence-electron chi connectivity index (χ4n) is 2.05. The summed E-state index contributed by atoms with van der Waals surface area (Å²) in [6, 6.07) is 7.57. The van der Waals surface area contributed by atoms with Crippen LogP contribution in [0.4, 0.5) is 18.9 Å². The van der Waals surface area contributed by atoms with Gasteiger partial charge in [0.15, 0.2) is 11.3 Å². The summed E-state index contributed by atoms with van der Waals surface area (Å²) in [5.41, 5.74) is 4.24. The molecule has 3 N–H and O–H groups in total. The van der Waals surface area contributed by atoms with Gasteiger partial charge in [0.1, 0.15) is 5.75 Å². The number of nitrogens with two attached hydrogens (primary N) is 1.